The number of rotatable bonds is 8. The van der Waals surface area contributed by atoms with Crippen molar-refractivity contribution in [1.29, 1.82) is 0 Å². The highest BCUT2D eigenvalue weighted by Gasteiger charge is 2.22. The highest BCUT2D eigenvalue weighted by Crippen LogP contribution is 2.12. The number of nitrogens with one attached hydrogen (secondary N) is 1. The van der Waals surface area contributed by atoms with Crippen molar-refractivity contribution in [2.24, 2.45) is 0 Å². The predicted octanol–water partition coefficient (Wildman–Crippen LogP) is 2.99. The van der Waals surface area contributed by atoms with Crippen LogP contribution in [0.5, 0.6) is 0 Å². The van der Waals surface area contributed by atoms with E-state index >= 15 is 0 Å². The van der Waals surface area contributed by atoms with Crippen LogP contribution in [0, 0.1) is 0 Å². The molecule has 0 aromatic heterocycles. The third-order valence-corrected chi connectivity index (χ3v) is 3.99. The molecule has 0 saturated heterocycles. The molecule has 0 fully saturated rings. The van der Waals surface area contributed by atoms with Crippen LogP contribution in [0.4, 0.5) is 4.79 Å². The molecule has 0 heterocycles. The molecule has 0 aliphatic carbocycles. The first kappa shape index (κ1) is 18.4. The van der Waals surface area contributed by atoms with Crippen molar-refractivity contribution in [3.8, 4) is 0 Å². The summed E-state index contributed by atoms with van der Waals surface area (Å²) < 4.78 is 9.83. The molecule has 122 valence electrons. The molecule has 1 amide bonds. The van der Waals surface area contributed by atoms with Crippen LogP contribution in [0.3, 0.4) is 0 Å². The van der Waals surface area contributed by atoms with Gasteiger partial charge < -0.3 is 14.8 Å². The second-order valence-corrected chi connectivity index (χ2v) is 6.67. The summed E-state index contributed by atoms with van der Waals surface area (Å²) in [5.74, 6) is 0.303. The third kappa shape index (κ3) is 7.36. The van der Waals surface area contributed by atoms with Gasteiger partial charge in [0.05, 0.1) is 7.11 Å². The first-order valence-corrected chi connectivity index (χ1v) is 8.24. The Morgan fingerprint density at radius 2 is 1.91 bits per heavy atom. The normalized spacial score (nSPS) is 11.8. The van der Waals surface area contributed by atoms with E-state index < -0.39 is 18.1 Å². The maximum atomic E-state index is 11.8. The average Bonchev–Trinajstić information content (AvgIpc) is 2.52. The van der Waals surface area contributed by atoms with Crippen molar-refractivity contribution < 1.29 is 19.1 Å². The fraction of sp³-hybridized carbons (Fsp3) is 0.500. The van der Waals surface area contributed by atoms with Crippen LogP contribution in [0.2, 0.25) is 0 Å². The van der Waals surface area contributed by atoms with Crippen molar-refractivity contribution in [3.63, 3.8) is 0 Å². The van der Waals surface area contributed by atoms with Gasteiger partial charge in [-0.05, 0) is 23.0 Å². The first-order valence-electron chi connectivity index (χ1n) is 7.19. The number of methoxy groups -OCH3 is 1. The quantitative estimate of drug-likeness (QED) is 0.744. The minimum absolute atomic E-state index is 0.168. The number of carbonyl (C=O) groups is 2. The largest absolute Gasteiger partial charge is 0.467 e. The lowest BCUT2D eigenvalue weighted by Crippen LogP contribution is -2.42. The molecule has 0 saturated carbocycles. The summed E-state index contributed by atoms with van der Waals surface area (Å²) in [7, 11) is 1.31. The zero-order chi connectivity index (χ0) is 16.4. The molecule has 6 heteroatoms. The smallest absolute Gasteiger partial charge is 0.408 e. The monoisotopic (exact) mass is 325 g/mol. The third-order valence-electron chi connectivity index (χ3n) is 2.85. The summed E-state index contributed by atoms with van der Waals surface area (Å²) >= 11 is 1.72. The molecule has 1 rings (SSSR count). The van der Waals surface area contributed by atoms with Crippen LogP contribution in [0.1, 0.15) is 25.8 Å². The van der Waals surface area contributed by atoms with Gasteiger partial charge in [0.15, 0.2) is 0 Å². The van der Waals surface area contributed by atoms with Crippen LogP contribution in [-0.4, -0.2) is 36.2 Å². The van der Waals surface area contributed by atoms with Gasteiger partial charge in [0.25, 0.3) is 0 Å². The van der Waals surface area contributed by atoms with Gasteiger partial charge >= 0.3 is 12.1 Å². The van der Waals surface area contributed by atoms with Crippen molar-refractivity contribution >= 4 is 23.8 Å². The van der Waals surface area contributed by atoms with Gasteiger partial charge in [-0.15, -0.1) is 0 Å². The molecule has 1 N–H and O–H groups in total. The minimum atomic E-state index is -0.681. The summed E-state index contributed by atoms with van der Waals surface area (Å²) in [6, 6.07) is 8.69. The lowest BCUT2D eigenvalue weighted by molar-refractivity contribution is -0.143. The zero-order valence-electron chi connectivity index (χ0n) is 13.2. The van der Waals surface area contributed by atoms with E-state index in [-0.39, 0.29) is 6.61 Å². The van der Waals surface area contributed by atoms with Gasteiger partial charge in [0.1, 0.15) is 12.6 Å². The average molecular weight is 325 g/mol. The Hall–Kier alpha value is -1.69. The summed E-state index contributed by atoms with van der Waals surface area (Å²) in [5, 5.41) is 3.04. The number of ether oxygens (including phenoxy) is 2. The zero-order valence-corrected chi connectivity index (χ0v) is 14.0. The SMILES string of the molecule is COC(=O)[C@H](CCSC(C)C)NC(=O)OCc1ccccc1. The molecular weight excluding hydrogens is 302 g/mol. The highest BCUT2D eigenvalue weighted by atomic mass is 32.2. The van der Waals surface area contributed by atoms with Crippen LogP contribution in [0.15, 0.2) is 30.3 Å². The van der Waals surface area contributed by atoms with Crippen LogP contribution in [0.25, 0.3) is 0 Å². The van der Waals surface area contributed by atoms with E-state index in [9.17, 15) is 9.59 Å². The molecular formula is C16H23NO4S. The Bertz CT molecular complexity index is 464. The van der Waals surface area contributed by atoms with Crippen molar-refractivity contribution in [2.75, 3.05) is 12.9 Å². The Balaban J connectivity index is 2.42. The molecule has 0 unspecified atom stereocenters. The van der Waals surface area contributed by atoms with E-state index in [2.05, 4.69) is 19.2 Å². The molecule has 0 radical (unpaired) electrons. The van der Waals surface area contributed by atoms with Crippen LogP contribution < -0.4 is 5.32 Å². The Morgan fingerprint density at radius 1 is 1.23 bits per heavy atom. The molecule has 0 aliphatic heterocycles. The van der Waals surface area contributed by atoms with Crippen LogP contribution >= 0.6 is 11.8 Å². The number of amides is 1. The topological polar surface area (TPSA) is 64.6 Å². The number of hydrogen-bond donors (Lipinski definition) is 1. The second-order valence-electron chi connectivity index (χ2n) is 4.99. The van der Waals surface area contributed by atoms with Crippen molar-refractivity contribution in [1.82, 2.24) is 5.32 Å². The van der Waals surface area contributed by atoms with Gasteiger partial charge in [-0.1, -0.05) is 44.2 Å². The number of alkyl carbamates (subject to hydrolysis) is 1. The minimum Gasteiger partial charge on any atom is -0.467 e. The van der Waals surface area contributed by atoms with Crippen molar-refractivity contribution in [3.05, 3.63) is 35.9 Å². The molecule has 22 heavy (non-hydrogen) atoms. The molecule has 0 spiro atoms. The van der Waals surface area contributed by atoms with Gasteiger partial charge in [0.2, 0.25) is 0 Å². The van der Waals surface area contributed by atoms with Gasteiger partial charge in [-0.2, -0.15) is 11.8 Å². The maximum absolute atomic E-state index is 11.8. The maximum Gasteiger partial charge on any atom is 0.408 e. The van der Waals surface area contributed by atoms with Crippen LogP contribution in [-0.2, 0) is 20.9 Å². The molecule has 0 aliphatic rings. The number of thioether (sulfide) groups is 1. The van der Waals surface area contributed by atoms with E-state index in [0.29, 0.717) is 11.7 Å². The van der Waals surface area contributed by atoms with E-state index in [1.165, 1.54) is 7.11 Å². The standard InChI is InChI=1S/C16H23NO4S/c1-12(2)22-10-9-14(15(18)20-3)17-16(19)21-11-13-7-5-4-6-8-13/h4-8,12,14H,9-11H2,1-3H3,(H,17,19)/t14-/m0/s1. The lowest BCUT2D eigenvalue weighted by atomic mass is 10.2. The summed E-state index contributed by atoms with van der Waals surface area (Å²) in [6.45, 7) is 4.33. The van der Waals surface area contributed by atoms with Gasteiger partial charge in [-0.3, -0.25) is 0 Å². The summed E-state index contributed by atoms with van der Waals surface area (Å²) in [6.07, 6.45) is -0.107. The molecule has 1 aromatic rings. The molecule has 0 bridgehead atoms. The van der Waals surface area contributed by atoms with E-state index in [1.54, 1.807) is 11.8 Å². The van der Waals surface area contributed by atoms with Gasteiger partial charge in [-0.25, -0.2) is 9.59 Å². The number of esters is 1. The number of hydrogen-bond acceptors (Lipinski definition) is 5. The fourth-order valence-corrected chi connectivity index (χ4v) is 2.56. The predicted molar refractivity (Wildman–Crippen MR) is 87.8 cm³/mol. The second kappa shape index (κ2) is 10.1. The Labute approximate surface area is 135 Å². The van der Waals surface area contributed by atoms with Crippen molar-refractivity contribution in [2.45, 2.75) is 38.2 Å². The number of carbonyl (C=O) groups excluding carboxylic acids is 2. The summed E-state index contributed by atoms with van der Waals surface area (Å²) in [5.41, 5.74) is 0.891. The highest BCUT2D eigenvalue weighted by molar-refractivity contribution is 7.99. The molecule has 1 atom stereocenters. The van der Waals surface area contributed by atoms with E-state index in [1.807, 2.05) is 30.3 Å². The molecule has 5 nitrogen and oxygen atoms in total. The first-order chi connectivity index (χ1) is 10.5. The van der Waals surface area contributed by atoms with Gasteiger partial charge in [0, 0.05) is 0 Å². The summed E-state index contributed by atoms with van der Waals surface area (Å²) in [4.78, 5) is 23.5. The Kier molecular flexibility index (Phi) is 8.43. The van der Waals surface area contributed by atoms with E-state index in [4.69, 9.17) is 9.47 Å². The fourth-order valence-electron chi connectivity index (χ4n) is 1.72. The Morgan fingerprint density at radius 3 is 2.50 bits per heavy atom. The molecule has 1 aromatic carbocycles. The lowest BCUT2D eigenvalue weighted by Gasteiger charge is -2.16. The van der Waals surface area contributed by atoms with E-state index in [0.717, 1.165) is 11.3 Å². The number of benzene rings is 1.